The number of nitrogens with zero attached hydrogens (tertiary/aromatic N) is 2. The van der Waals surface area contributed by atoms with Crippen molar-refractivity contribution in [3.63, 3.8) is 0 Å². The van der Waals surface area contributed by atoms with Crippen LogP contribution in [0.3, 0.4) is 0 Å². The monoisotopic (exact) mass is 235 g/mol. The van der Waals surface area contributed by atoms with Crippen LogP contribution >= 0.6 is 11.5 Å². The number of rotatable bonds is 4. The summed E-state index contributed by atoms with van der Waals surface area (Å²) in [5.74, 6) is 0.841. The molecule has 1 aromatic carbocycles. The second-order valence-electron chi connectivity index (χ2n) is 3.30. The Morgan fingerprint density at radius 1 is 1.50 bits per heavy atom. The summed E-state index contributed by atoms with van der Waals surface area (Å²) in [6, 6.07) is 7.61. The lowest BCUT2D eigenvalue weighted by Gasteiger charge is -2.10. The topological polar surface area (TPSA) is 61.0 Å². The molecule has 1 unspecified atom stereocenters. The SMILES string of the molecule is CCOc1cccc(C(N)c2cnns2)c1. The van der Waals surface area contributed by atoms with E-state index in [-0.39, 0.29) is 6.04 Å². The molecule has 1 atom stereocenters. The highest BCUT2D eigenvalue weighted by atomic mass is 32.1. The van der Waals surface area contributed by atoms with Crippen LogP contribution in [0.25, 0.3) is 0 Å². The molecule has 4 nitrogen and oxygen atoms in total. The van der Waals surface area contributed by atoms with Gasteiger partial charge in [0.1, 0.15) is 5.75 Å². The van der Waals surface area contributed by atoms with Crippen molar-refractivity contribution < 1.29 is 4.74 Å². The van der Waals surface area contributed by atoms with Crippen LogP contribution in [0, 0.1) is 0 Å². The van der Waals surface area contributed by atoms with Crippen LogP contribution in [0.1, 0.15) is 23.4 Å². The van der Waals surface area contributed by atoms with E-state index in [0.29, 0.717) is 6.61 Å². The van der Waals surface area contributed by atoms with Crippen molar-refractivity contribution in [1.29, 1.82) is 0 Å². The number of ether oxygens (including phenoxy) is 1. The van der Waals surface area contributed by atoms with Gasteiger partial charge in [-0.25, -0.2) is 0 Å². The summed E-state index contributed by atoms with van der Waals surface area (Å²) in [5, 5.41) is 3.78. The van der Waals surface area contributed by atoms with Crippen molar-refractivity contribution >= 4 is 11.5 Å². The third-order valence-corrected chi connectivity index (χ3v) is 2.96. The second-order valence-corrected chi connectivity index (χ2v) is 4.12. The lowest BCUT2D eigenvalue weighted by Crippen LogP contribution is -2.10. The number of hydrogen-bond acceptors (Lipinski definition) is 5. The molecular weight excluding hydrogens is 222 g/mol. The number of nitrogens with two attached hydrogens (primary N) is 1. The third-order valence-electron chi connectivity index (χ3n) is 2.21. The third kappa shape index (κ3) is 2.37. The zero-order chi connectivity index (χ0) is 11.4. The van der Waals surface area contributed by atoms with Crippen molar-refractivity contribution in [2.45, 2.75) is 13.0 Å². The molecule has 0 amide bonds. The molecule has 2 rings (SSSR count). The highest BCUT2D eigenvalue weighted by Gasteiger charge is 2.11. The van der Waals surface area contributed by atoms with E-state index in [9.17, 15) is 0 Å². The first-order chi connectivity index (χ1) is 7.81. The van der Waals surface area contributed by atoms with Gasteiger partial charge in [0.2, 0.25) is 0 Å². The minimum absolute atomic E-state index is 0.180. The molecule has 0 aliphatic carbocycles. The van der Waals surface area contributed by atoms with Gasteiger partial charge >= 0.3 is 0 Å². The molecular formula is C11H13N3OS. The van der Waals surface area contributed by atoms with Crippen molar-refractivity contribution in [1.82, 2.24) is 9.59 Å². The number of benzene rings is 1. The van der Waals surface area contributed by atoms with E-state index in [1.807, 2.05) is 31.2 Å². The summed E-state index contributed by atoms with van der Waals surface area (Å²) in [7, 11) is 0. The number of hydrogen-bond donors (Lipinski definition) is 1. The molecule has 0 bridgehead atoms. The largest absolute Gasteiger partial charge is 0.494 e. The zero-order valence-corrected chi connectivity index (χ0v) is 9.78. The first kappa shape index (κ1) is 11.0. The summed E-state index contributed by atoms with van der Waals surface area (Å²) >= 11 is 1.32. The smallest absolute Gasteiger partial charge is 0.119 e. The summed E-state index contributed by atoms with van der Waals surface area (Å²) in [6.45, 7) is 2.61. The standard InChI is InChI=1S/C11H13N3OS/c1-2-15-9-5-3-4-8(6-9)11(12)10-7-13-14-16-10/h3-7,11H,2,12H2,1H3. The molecule has 5 heteroatoms. The fraction of sp³-hybridized carbons (Fsp3) is 0.273. The van der Waals surface area contributed by atoms with Crippen LogP contribution in [0.5, 0.6) is 5.75 Å². The first-order valence-corrected chi connectivity index (χ1v) is 5.84. The second kappa shape index (κ2) is 5.05. The van der Waals surface area contributed by atoms with Crippen molar-refractivity contribution in [3.05, 3.63) is 40.9 Å². The van der Waals surface area contributed by atoms with Crippen LogP contribution in [-0.2, 0) is 0 Å². The van der Waals surface area contributed by atoms with E-state index in [1.165, 1.54) is 11.5 Å². The van der Waals surface area contributed by atoms with E-state index >= 15 is 0 Å². The predicted octanol–water partition coefficient (Wildman–Crippen LogP) is 1.98. The minimum Gasteiger partial charge on any atom is -0.494 e. The van der Waals surface area contributed by atoms with Crippen LogP contribution in [-0.4, -0.2) is 16.2 Å². The summed E-state index contributed by atoms with van der Waals surface area (Å²) in [6.07, 6.45) is 1.70. The van der Waals surface area contributed by atoms with E-state index < -0.39 is 0 Å². The molecule has 0 saturated heterocycles. The van der Waals surface area contributed by atoms with Gasteiger partial charge in [-0.2, -0.15) is 0 Å². The summed E-state index contributed by atoms with van der Waals surface area (Å²) in [5.41, 5.74) is 7.11. The zero-order valence-electron chi connectivity index (χ0n) is 8.96. The fourth-order valence-corrected chi connectivity index (χ4v) is 1.97. The Labute approximate surface area is 98.2 Å². The van der Waals surface area contributed by atoms with Gasteiger partial charge in [-0.1, -0.05) is 16.6 Å². The molecule has 0 spiro atoms. The fourth-order valence-electron chi connectivity index (χ4n) is 1.44. The van der Waals surface area contributed by atoms with Gasteiger partial charge < -0.3 is 10.5 Å². The van der Waals surface area contributed by atoms with Crippen molar-refractivity contribution in [3.8, 4) is 5.75 Å². The van der Waals surface area contributed by atoms with E-state index in [1.54, 1.807) is 6.20 Å². The van der Waals surface area contributed by atoms with Gasteiger partial charge in [-0.05, 0) is 36.2 Å². The van der Waals surface area contributed by atoms with Crippen molar-refractivity contribution in [2.75, 3.05) is 6.61 Å². The van der Waals surface area contributed by atoms with Crippen LogP contribution < -0.4 is 10.5 Å². The van der Waals surface area contributed by atoms with Gasteiger partial charge in [0.05, 0.1) is 23.7 Å². The Balaban J connectivity index is 2.23. The first-order valence-electron chi connectivity index (χ1n) is 5.07. The lowest BCUT2D eigenvalue weighted by atomic mass is 10.1. The predicted molar refractivity (Wildman–Crippen MR) is 63.6 cm³/mol. The maximum atomic E-state index is 6.10. The molecule has 16 heavy (non-hydrogen) atoms. The molecule has 1 aromatic heterocycles. The lowest BCUT2D eigenvalue weighted by molar-refractivity contribution is 0.340. The molecule has 0 aliphatic heterocycles. The molecule has 0 aliphatic rings. The highest BCUT2D eigenvalue weighted by molar-refractivity contribution is 7.05. The molecule has 0 radical (unpaired) electrons. The average Bonchev–Trinajstić information content (AvgIpc) is 2.82. The van der Waals surface area contributed by atoms with E-state index in [2.05, 4.69) is 9.59 Å². The van der Waals surface area contributed by atoms with Crippen LogP contribution in [0.2, 0.25) is 0 Å². The highest BCUT2D eigenvalue weighted by Crippen LogP contribution is 2.24. The normalized spacial score (nSPS) is 12.4. The molecule has 84 valence electrons. The molecule has 2 N–H and O–H groups in total. The Morgan fingerprint density at radius 3 is 3.06 bits per heavy atom. The summed E-state index contributed by atoms with van der Waals surface area (Å²) < 4.78 is 9.24. The van der Waals surface area contributed by atoms with Crippen molar-refractivity contribution in [2.24, 2.45) is 5.73 Å². The van der Waals surface area contributed by atoms with Gasteiger partial charge in [0.25, 0.3) is 0 Å². The Bertz CT molecular complexity index is 444. The maximum absolute atomic E-state index is 6.10. The van der Waals surface area contributed by atoms with Gasteiger partial charge in [0.15, 0.2) is 0 Å². The molecule has 0 saturated carbocycles. The molecule has 1 heterocycles. The van der Waals surface area contributed by atoms with Gasteiger partial charge in [0, 0.05) is 0 Å². The van der Waals surface area contributed by atoms with E-state index in [0.717, 1.165) is 16.2 Å². The Hall–Kier alpha value is -1.46. The van der Waals surface area contributed by atoms with Crippen LogP contribution in [0.4, 0.5) is 0 Å². The average molecular weight is 235 g/mol. The van der Waals surface area contributed by atoms with Crippen LogP contribution in [0.15, 0.2) is 30.5 Å². The molecule has 2 aromatic rings. The molecule has 0 fully saturated rings. The maximum Gasteiger partial charge on any atom is 0.119 e. The quantitative estimate of drug-likeness (QED) is 0.880. The Morgan fingerprint density at radius 2 is 2.38 bits per heavy atom. The van der Waals surface area contributed by atoms with E-state index in [4.69, 9.17) is 10.5 Å². The Kier molecular flexibility index (Phi) is 3.48. The number of aromatic nitrogens is 2. The van der Waals surface area contributed by atoms with Gasteiger partial charge in [-0.3, -0.25) is 0 Å². The minimum atomic E-state index is -0.180. The van der Waals surface area contributed by atoms with Gasteiger partial charge in [-0.15, -0.1) is 5.10 Å². The summed E-state index contributed by atoms with van der Waals surface area (Å²) in [4.78, 5) is 0.952.